The van der Waals surface area contributed by atoms with E-state index in [4.69, 9.17) is 11.6 Å². The molecule has 15 heavy (non-hydrogen) atoms. The molecule has 0 aromatic carbocycles. The van der Waals surface area contributed by atoms with E-state index in [1.807, 2.05) is 5.38 Å². The Morgan fingerprint density at radius 2 is 2.53 bits per heavy atom. The average molecular weight is 246 g/mol. The Morgan fingerprint density at radius 1 is 1.73 bits per heavy atom. The third-order valence-electron chi connectivity index (χ3n) is 2.81. The number of anilines is 1. The van der Waals surface area contributed by atoms with Gasteiger partial charge < -0.3 is 9.80 Å². The smallest absolute Gasteiger partial charge is 0.186 e. The zero-order valence-corrected chi connectivity index (χ0v) is 10.7. The topological polar surface area (TPSA) is 19.4 Å². The van der Waals surface area contributed by atoms with E-state index >= 15 is 0 Å². The Hall–Kier alpha value is -0.320. The van der Waals surface area contributed by atoms with Gasteiger partial charge in [0.2, 0.25) is 0 Å². The lowest BCUT2D eigenvalue weighted by Crippen LogP contribution is -2.27. The van der Waals surface area contributed by atoms with Crippen molar-refractivity contribution in [3.8, 4) is 0 Å². The summed E-state index contributed by atoms with van der Waals surface area (Å²) in [5.74, 6) is 0.766. The highest BCUT2D eigenvalue weighted by Gasteiger charge is 2.21. The van der Waals surface area contributed by atoms with Gasteiger partial charge in [0.25, 0.3) is 0 Å². The summed E-state index contributed by atoms with van der Waals surface area (Å²) in [6.07, 6.45) is 1.29. The minimum Gasteiger partial charge on any atom is -0.351 e. The van der Waals surface area contributed by atoms with Crippen molar-refractivity contribution in [1.29, 1.82) is 0 Å². The molecule has 0 spiro atoms. The largest absolute Gasteiger partial charge is 0.351 e. The minimum atomic E-state index is 0.602. The molecule has 1 aliphatic heterocycles. The fraction of sp³-hybridized carbons (Fsp3) is 0.700. The molecular weight excluding hydrogens is 230 g/mol. The first-order valence-corrected chi connectivity index (χ1v) is 6.41. The summed E-state index contributed by atoms with van der Waals surface area (Å²) in [7, 11) is 4.27. The van der Waals surface area contributed by atoms with Crippen molar-refractivity contribution in [1.82, 2.24) is 9.88 Å². The highest BCUT2D eigenvalue weighted by Crippen LogP contribution is 2.24. The number of thiazole rings is 1. The van der Waals surface area contributed by atoms with Crippen LogP contribution >= 0.6 is 22.9 Å². The van der Waals surface area contributed by atoms with Crippen molar-refractivity contribution >= 4 is 28.1 Å². The molecule has 2 rings (SSSR count). The van der Waals surface area contributed by atoms with Crippen molar-refractivity contribution in [2.75, 3.05) is 38.6 Å². The van der Waals surface area contributed by atoms with Crippen LogP contribution in [0, 0.1) is 5.92 Å². The van der Waals surface area contributed by atoms with Gasteiger partial charge in [-0.3, -0.25) is 0 Å². The molecule has 0 saturated carbocycles. The molecule has 2 heterocycles. The predicted molar refractivity (Wildman–Crippen MR) is 66.0 cm³/mol. The summed E-state index contributed by atoms with van der Waals surface area (Å²) in [5.41, 5.74) is 0. The monoisotopic (exact) mass is 245 g/mol. The number of nitrogens with zero attached hydrogens (tertiary/aromatic N) is 3. The molecule has 0 radical (unpaired) electrons. The third kappa shape index (κ3) is 2.83. The van der Waals surface area contributed by atoms with E-state index in [-0.39, 0.29) is 0 Å². The molecule has 1 aromatic heterocycles. The molecule has 1 saturated heterocycles. The maximum atomic E-state index is 5.81. The molecule has 5 heteroatoms. The van der Waals surface area contributed by atoms with Gasteiger partial charge in [0.1, 0.15) is 5.15 Å². The van der Waals surface area contributed by atoms with Crippen molar-refractivity contribution in [3.63, 3.8) is 0 Å². The molecule has 0 aliphatic carbocycles. The Kier molecular flexibility index (Phi) is 3.49. The molecule has 1 atom stereocenters. The Balaban J connectivity index is 1.89. The van der Waals surface area contributed by atoms with Crippen molar-refractivity contribution < 1.29 is 0 Å². The minimum absolute atomic E-state index is 0.602. The molecular formula is C10H16ClN3S. The van der Waals surface area contributed by atoms with Gasteiger partial charge in [0.05, 0.1) is 0 Å². The Labute approximate surface area is 99.7 Å². The van der Waals surface area contributed by atoms with Crippen molar-refractivity contribution in [2.45, 2.75) is 6.42 Å². The second-order valence-corrected chi connectivity index (χ2v) is 5.47. The van der Waals surface area contributed by atoms with Crippen LogP contribution in [0.2, 0.25) is 5.15 Å². The summed E-state index contributed by atoms with van der Waals surface area (Å²) in [5, 5.41) is 3.51. The van der Waals surface area contributed by atoms with Gasteiger partial charge in [-0.25, -0.2) is 4.98 Å². The van der Waals surface area contributed by atoms with E-state index in [1.54, 1.807) is 11.3 Å². The lowest BCUT2D eigenvalue weighted by molar-refractivity contribution is 0.396. The van der Waals surface area contributed by atoms with Crippen molar-refractivity contribution in [3.05, 3.63) is 10.5 Å². The average Bonchev–Trinajstić information content (AvgIpc) is 2.75. The Bertz CT molecular complexity index is 328. The van der Waals surface area contributed by atoms with E-state index in [0.29, 0.717) is 5.15 Å². The maximum absolute atomic E-state index is 5.81. The molecule has 1 fully saturated rings. The van der Waals surface area contributed by atoms with Gasteiger partial charge in [-0.05, 0) is 25.9 Å². The van der Waals surface area contributed by atoms with Crippen LogP contribution in [-0.2, 0) is 0 Å². The second kappa shape index (κ2) is 4.68. The zero-order valence-electron chi connectivity index (χ0n) is 9.11. The third-order valence-corrected chi connectivity index (χ3v) is 4.09. The first kappa shape index (κ1) is 11.2. The predicted octanol–water partition coefficient (Wildman–Crippen LogP) is 2.18. The molecule has 1 aromatic rings. The second-order valence-electron chi connectivity index (χ2n) is 4.25. The quantitative estimate of drug-likeness (QED) is 0.814. The number of rotatable bonds is 3. The highest BCUT2D eigenvalue weighted by molar-refractivity contribution is 7.14. The first-order valence-electron chi connectivity index (χ1n) is 5.16. The first-order chi connectivity index (χ1) is 7.15. The van der Waals surface area contributed by atoms with E-state index in [0.717, 1.165) is 17.6 Å². The van der Waals surface area contributed by atoms with E-state index in [1.165, 1.54) is 19.5 Å². The summed E-state index contributed by atoms with van der Waals surface area (Å²) in [4.78, 5) is 8.86. The van der Waals surface area contributed by atoms with Crippen LogP contribution in [0.1, 0.15) is 6.42 Å². The molecule has 84 valence electrons. The van der Waals surface area contributed by atoms with E-state index in [2.05, 4.69) is 28.9 Å². The SMILES string of the molecule is CN1CCC(CN(C)c2nc(Cl)cs2)C1. The van der Waals surface area contributed by atoms with Crippen LogP contribution < -0.4 is 4.90 Å². The van der Waals surface area contributed by atoms with Crippen LogP contribution in [0.15, 0.2) is 5.38 Å². The molecule has 0 amide bonds. The van der Waals surface area contributed by atoms with E-state index < -0.39 is 0 Å². The van der Waals surface area contributed by atoms with Crippen LogP contribution in [0.3, 0.4) is 0 Å². The lowest BCUT2D eigenvalue weighted by atomic mass is 10.1. The van der Waals surface area contributed by atoms with Crippen LogP contribution in [0.25, 0.3) is 0 Å². The van der Waals surface area contributed by atoms with Crippen molar-refractivity contribution in [2.24, 2.45) is 5.92 Å². The number of hydrogen-bond acceptors (Lipinski definition) is 4. The van der Waals surface area contributed by atoms with Gasteiger partial charge in [-0.15, -0.1) is 11.3 Å². The molecule has 0 N–H and O–H groups in total. The van der Waals surface area contributed by atoms with E-state index in [9.17, 15) is 0 Å². The van der Waals surface area contributed by atoms with Gasteiger partial charge in [-0.2, -0.15) is 0 Å². The number of likely N-dealkylation sites (tertiary alicyclic amines) is 1. The van der Waals surface area contributed by atoms with Gasteiger partial charge >= 0.3 is 0 Å². The summed E-state index contributed by atoms with van der Waals surface area (Å²) in [6.45, 7) is 3.49. The van der Waals surface area contributed by atoms with Crippen LogP contribution in [0.5, 0.6) is 0 Å². The fourth-order valence-corrected chi connectivity index (χ4v) is 2.99. The highest BCUT2D eigenvalue weighted by atomic mass is 35.5. The standard InChI is InChI=1S/C10H16ClN3S/c1-13-4-3-8(5-13)6-14(2)10-12-9(11)7-15-10/h7-8H,3-6H2,1-2H3. The van der Waals surface area contributed by atoms with Crippen LogP contribution in [-0.4, -0.2) is 43.6 Å². The van der Waals surface area contributed by atoms with Crippen LogP contribution in [0.4, 0.5) is 5.13 Å². The molecule has 1 unspecified atom stereocenters. The van der Waals surface area contributed by atoms with Gasteiger partial charge in [0, 0.05) is 25.5 Å². The number of halogens is 1. The van der Waals surface area contributed by atoms with Gasteiger partial charge in [0.15, 0.2) is 5.13 Å². The maximum Gasteiger partial charge on any atom is 0.186 e. The summed E-state index contributed by atoms with van der Waals surface area (Å²) in [6, 6.07) is 0. The zero-order chi connectivity index (χ0) is 10.8. The lowest BCUT2D eigenvalue weighted by Gasteiger charge is -2.20. The normalized spacial score (nSPS) is 22.2. The molecule has 0 bridgehead atoms. The number of hydrogen-bond donors (Lipinski definition) is 0. The van der Waals surface area contributed by atoms with Gasteiger partial charge in [-0.1, -0.05) is 11.6 Å². The number of aromatic nitrogens is 1. The molecule has 3 nitrogen and oxygen atoms in total. The summed E-state index contributed by atoms with van der Waals surface area (Å²) >= 11 is 7.42. The summed E-state index contributed by atoms with van der Waals surface area (Å²) < 4.78 is 0. The fourth-order valence-electron chi connectivity index (χ4n) is 2.06. The Morgan fingerprint density at radius 3 is 3.07 bits per heavy atom. The molecule has 1 aliphatic rings.